The fourth-order valence-electron chi connectivity index (χ4n) is 2.21. The average Bonchev–Trinajstić information content (AvgIpc) is 2.88. The van der Waals surface area contributed by atoms with E-state index in [0.29, 0.717) is 16.3 Å². The predicted octanol–water partition coefficient (Wildman–Crippen LogP) is 2.61. The first-order chi connectivity index (χ1) is 11.3. The Morgan fingerprint density at radius 1 is 1.21 bits per heavy atom. The minimum Gasteiger partial charge on any atom is -0.322 e. The van der Waals surface area contributed by atoms with Crippen LogP contribution in [0.25, 0.3) is 5.52 Å². The SMILES string of the molecule is CS(=O)(=O)Nc1cc(Cl)cc(NC(=O)c2cc3cccnn3c2)c1. The molecule has 0 saturated heterocycles. The van der Waals surface area contributed by atoms with E-state index in [-0.39, 0.29) is 11.6 Å². The van der Waals surface area contributed by atoms with E-state index < -0.39 is 10.0 Å². The second-order valence-corrected chi connectivity index (χ2v) is 7.36. The maximum atomic E-state index is 12.4. The monoisotopic (exact) mass is 364 g/mol. The average molecular weight is 365 g/mol. The molecule has 0 spiro atoms. The Labute approximate surface area is 143 Å². The van der Waals surface area contributed by atoms with Gasteiger partial charge in [0.2, 0.25) is 10.0 Å². The summed E-state index contributed by atoms with van der Waals surface area (Å²) in [6.07, 6.45) is 4.26. The van der Waals surface area contributed by atoms with E-state index >= 15 is 0 Å². The summed E-state index contributed by atoms with van der Waals surface area (Å²) < 4.78 is 26.5. The molecule has 2 heterocycles. The predicted molar refractivity (Wildman–Crippen MR) is 93.1 cm³/mol. The topological polar surface area (TPSA) is 92.6 Å². The van der Waals surface area contributed by atoms with E-state index in [1.165, 1.54) is 18.2 Å². The Bertz CT molecular complexity index is 997. The molecule has 9 heteroatoms. The summed E-state index contributed by atoms with van der Waals surface area (Å²) >= 11 is 5.97. The number of halogens is 1. The largest absolute Gasteiger partial charge is 0.322 e. The fraction of sp³-hybridized carbons (Fsp3) is 0.0667. The number of hydrogen-bond acceptors (Lipinski definition) is 4. The van der Waals surface area contributed by atoms with Crippen molar-refractivity contribution in [2.24, 2.45) is 0 Å². The third-order valence-electron chi connectivity index (χ3n) is 3.09. The summed E-state index contributed by atoms with van der Waals surface area (Å²) in [6.45, 7) is 0. The molecule has 1 amide bonds. The summed E-state index contributed by atoms with van der Waals surface area (Å²) in [5, 5.41) is 7.08. The van der Waals surface area contributed by atoms with Gasteiger partial charge in [-0.1, -0.05) is 11.6 Å². The van der Waals surface area contributed by atoms with Crippen LogP contribution in [0.3, 0.4) is 0 Å². The molecule has 1 aromatic carbocycles. The maximum absolute atomic E-state index is 12.4. The number of fused-ring (bicyclic) bond motifs is 1. The molecule has 0 unspecified atom stereocenters. The zero-order chi connectivity index (χ0) is 17.3. The van der Waals surface area contributed by atoms with Crippen molar-refractivity contribution in [3.8, 4) is 0 Å². The van der Waals surface area contributed by atoms with Crippen LogP contribution in [0.2, 0.25) is 5.02 Å². The fourth-order valence-corrected chi connectivity index (χ4v) is 2.99. The van der Waals surface area contributed by atoms with E-state index in [9.17, 15) is 13.2 Å². The molecule has 0 aliphatic heterocycles. The lowest BCUT2D eigenvalue weighted by Crippen LogP contribution is -2.13. The quantitative estimate of drug-likeness (QED) is 0.744. The highest BCUT2D eigenvalue weighted by Crippen LogP contribution is 2.24. The summed E-state index contributed by atoms with van der Waals surface area (Å²) in [5.74, 6) is -0.354. The maximum Gasteiger partial charge on any atom is 0.257 e. The Morgan fingerprint density at radius 2 is 1.96 bits per heavy atom. The second kappa shape index (κ2) is 6.14. The molecule has 3 aromatic rings. The Morgan fingerprint density at radius 3 is 2.67 bits per heavy atom. The van der Waals surface area contributed by atoms with E-state index in [1.807, 2.05) is 6.07 Å². The third-order valence-corrected chi connectivity index (χ3v) is 3.92. The lowest BCUT2D eigenvalue weighted by molar-refractivity contribution is 0.102. The van der Waals surface area contributed by atoms with Crippen LogP contribution in [0.4, 0.5) is 11.4 Å². The van der Waals surface area contributed by atoms with Gasteiger partial charge in [-0.05, 0) is 36.4 Å². The molecule has 0 radical (unpaired) electrons. The minimum atomic E-state index is -3.44. The number of carbonyl (C=O) groups excluding carboxylic acids is 1. The van der Waals surface area contributed by atoms with Crippen molar-refractivity contribution in [2.75, 3.05) is 16.3 Å². The molecule has 0 saturated carbocycles. The van der Waals surface area contributed by atoms with E-state index in [4.69, 9.17) is 11.6 Å². The number of anilines is 2. The highest BCUT2D eigenvalue weighted by Gasteiger charge is 2.11. The van der Waals surface area contributed by atoms with Crippen molar-refractivity contribution >= 4 is 44.4 Å². The zero-order valence-corrected chi connectivity index (χ0v) is 14.1. The highest BCUT2D eigenvalue weighted by molar-refractivity contribution is 7.92. The van der Waals surface area contributed by atoms with Crippen LogP contribution >= 0.6 is 11.6 Å². The summed E-state index contributed by atoms with van der Waals surface area (Å²) in [7, 11) is -3.44. The first-order valence-electron chi connectivity index (χ1n) is 6.83. The molecule has 2 aromatic heterocycles. The summed E-state index contributed by atoms with van der Waals surface area (Å²) in [6, 6.07) is 9.77. The zero-order valence-electron chi connectivity index (χ0n) is 12.5. The molecule has 0 atom stereocenters. The van der Waals surface area contributed by atoms with Crippen molar-refractivity contribution < 1.29 is 13.2 Å². The first-order valence-corrected chi connectivity index (χ1v) is 9.10. The van der Waals surface area contributed by atoms with Gasteiger partial charge in [0.25, 0.3) is 5.91 Å². The molecule has 3 rings (SSSR count). The van der Waals surface area contributed by atoms with Crippen LogP contribution in [0.1, 0.15) is 10.4 Å². The van der Waals surface area contributed by atoms with Crippen molar-refractivity contribution in [1.29, 1.82) is 0 Å². The van der Waals surface area contributed by atoms with Crippen molar-refractivity contribution in [1.82, 2.24) is 9.61 Å². The number of aromatic nitrogens is 2. The molecule has 0 aliphatic carbocycles. The van der Waals surface area contributed by atoms with Gasteiger partial charge in [0, 0.05) is 23.1 Å². The third kappa shape index (κ3) is 3.84. The van der Waals surface area contributed by atoms with Crippen LogP contribution in [-0.4, -0.2) is 30.2 Å². The van der Waals surface area contributed by atoms with Gasteiger partial charge in [-0.2, -0.15) is 5.10 Å². The highest BCUT2D eigenvalue weighted by atomic mass is 35.5. The lowest BCUT2D eigenvalue weighted by Gasteiger charge is -2.09. The molecule has 0 bridgehead atoms. The first kappa shape index (κ1) is 16.3. The number of nitrogens with one attached hydrogen (secondary N) is 2. The standard InChI is InChI=1S/C15H13ClN4O3S/c1-24(22,23)19-13-7-11(16)6-12(8-13)18-15(21)10-5-14-3-2-4-17-20(14)9-10/h2-9,19H,1H3,(H,18,21). The Balaban J connectivity index is 1.85. The van der Waals surface area contributed by atoms with Gasteiger partial charge in [0.15, 0.2) is 0 Å². The second-order valence-electron chi connectivity index (χ2n) is 5.18. The van der Waals surface area contributed by atoms with Gasteiger partial charge < -0.3 is 5.32 Å². The molecule has 124 valence electrons. The van der Waals surface area contributed by atoms with Gasteiger partial charge in [-0.3, -0.25) is 9.52 Å². The Kier molecular flexibility index (Phi) is 4.16. The van der Waals surface area contributed by atoms with E-state index in [1.54, 1.807) is 29.0 Å². The van der Waals surface area contributed by atoms with Crippen LogP contribution in [-0.2, 0) is 10.0 Å². The smallest absolute Gasteiger partial charge is 0.257 e. The van der Waals surface area contributed by atoms with Crippen LogP contribution in [0.15, 0.2) is 48.8 Å². The number of hydrogen-bond donors (Lipinski definition) is 2. The van der Waals surface area contributed by atoms with Crippen LogP contribution in [0.5, 0.6) is 0 Å². The minimum absolute atomic E-state index is 0.268. The van der Waals surface area contributed by atoms with Crippen molar-refractivity contribution in [3.63, 3.8) is 0 Å². The molecule has 24 heavy (non-hydrogen) atoms. The number of carbonyl (C=O) groups is 1. The van der Waals surface area contributed by atoms with Crippen LogP contribution < -0.4 is 10.0 Å². The lowest BCUT2D eigenvalue weighted by atomic mass is 10.2. The van der Waals surface area contributed by atoms with Gasteiger partial charge in [0.05, 0.1) is 23.0 Å². The number of benzene rings is 1. The van der Waals surface area contributed by atoms with Gasteiger partial charge in [0.1, 0.15) is 0 Å². The van der Waals surface area contributed by atoms with Crippen LogP contribution in [0, 0.1) is 0 Å². The molecule has 0 fully saturated rings. The number of nitrogens with zero attached hydrogens (tertiary/aromatic N) is 2. The number of rotatable bonds is 4. The van der Waals surface area contributed by atoms with Gasteiger partial charge >= 0.3 is 0 Å². The molecule has 2 N–H and O–H groups in total. The molecular formula is C15H13ClN4O3S. The van der Waals surface area contributed by atoms with E-state index in [0.717, 1.165) is 11.8 Å². The number of sulfonamides is 1. The normalized spacial score (nSPS) is 11.4. The Hall–Kier alpha value is -2.58. The van der Waals surface area contributed by atoms with Gasteiger partial charge in [-0.25, -0.2) is 12.9 Å². The number of amides is 1. The molecule has 0 aliphatic rings. The molecule has 7 nitrogen and oxygen atoms in total. The summed E-state index contributed by atoms with van der Waals surface area (Å²) in [5.41, 5.74) is 1.85. The van der Waals surface area contributed by atoms with Crippen molar-refractivity contribution in [2.45, 2.75) is 0 Å². The van der Waals surface area contributed by atoms with E-state index in [2.05, 4.69) is 15.1 Å². The van der Waals surface area contributed by atoms with Crippen molar-refractivity contribution in [3.05, 3.63) is 59.4 Å². The molecular weight excluding hydrogens is 352 g/mol. The summed E-state index contributed by atoms with van der Waals surface area (Å²) in [4.78, 5) is 12.4. The van der Waals surface area contributed by atoms with Gasteiger partial charge in [-0.15, -0.1) is 0 Å².